The van der Waals surface area contributed by atoms with Crippen LogP contribution in [-0.2, 0) is 4.79 Å². The number of rotatable bonds is 3. The summed E-state index contributed by atoms with van der Waals surface area (Å²) < 4.78 is 0. The zero-order valence-electron chi connectivity index (χ0n) is 12.3. The zero-order chi connectivity index (χ0) is 14.8. The third-order valence-corrected chi connectivity index (χ3v) is 4.92. The molecule has 1 aliphatic rings. The Kier molecular flexibility index (Phi) is 3.91. The average molecular weight is 283 g/mol. The summed E-state index contributed by atoms with van der Waals surface area (Å²) in [5, 5.41) is 10.7. The van der Waals surface area contributed by atoms with E-state index in [2.05, 4.69) is 18.0 Å². The molecule has 1 aromatic carbocycles. The Morgan fingerprint density at radius 3 is 2.86 bits per heavy atom. The van der Waals surface area contributed by atoms with Crippen molar-refractivity contribution in [1.82, 2.24) is 4.98 Å². The molecule has 1 fully saturated rings. The zero-order valence-corrected chi connectivity index (χ0v) is 12.3. The van der Waals surface area contributed by atoms with Gasteiger partial charge in [-0.1, -0.05) is 37.6 Å². The summed E-state index contributed by atoms with van der Waals surface area (Å²) in [7, 11) is 0. The molecule has 0 aliphatic heterocycles. The molecule has 3 heteroatoms. The molecule has 1 aliphatic carbocycles. The number of aromatic nitrogens is 1. The second kappa shape index (κ2) is 5.84. The third-order valence-electron chi connectivity index (χ3n) is 4.92. The Hall–Kier alpha value is -1.90. The molecule has 3 rings (SSSR count). The van der Waals surface area contributed by atoms with Crippen LogP contribution in [0.15, 0.2) is 36.5 Å². The molecule has 1 N–H and O–H groups in total. The van der Waals surface area contributed by atoms with Crippen LogP contribution in [0.4, 0.5) is 0 Å². The Balaban J connectivity index is 2.06. The quantitative estimate of drug-likeness (QED) is 0.917. The standard InChI is InChI=1S/C18H21NO2/c1-2-12-8-9-15(18(20)21)16(11-12)14-7-3-5-13-6-4-10-19-17(13)14/h3-7,10,12,15-16H,2,8-9,11H2,1H3,(H,20,21). The molecule has 0 radical (unpaired) electrons. The molecule has 1 aromatic heterocycles. The van der Waals surface area contributed by atoms with Gasteiger partial charge in [-0.2, -0.15) is 0 Å². The van der Waals surface area contributed by atoms with Crippen LogP contribution < -0.4 is 0 Å². The van der Waals surface area contributed by atoms with Crippen molar-refractivity contribution >= 4 is 16.9 Å². The lowest BCUT2D eigenvalue weighted by Crippen LogP contribution is -2.29. The highest BCUT2D eigenvalue weighted by molar-refractivity contribution is 5.83. The van der Waals surface area contributed by atoms with Gasteiger partial charge in [0, 0.05) is 11.6 Å². The van der Waals surface area contributed by atoms with Crippen LogP contribution in [0.3, 0.4) is 0 Å². The van der Waals surface area contributed by atoms with Crippen LogP contribution in [0.1, 0.15) is 44.1 Å². The Bertz CT molecular complexity index is 647. The molecule has 0 amide bonds. The van der Waals surface area contributed by atoms with Crippen molar-refractivity contribution in [2.45, 2.75) is 38.5 Å². The first-order valence-corrected chi connectivity index (χ1v) is 7.77. The normalized spacial score (nSPS) is 25.9. The molecule has 1 heterocycles. The molecule has 3 atom stereocenters. The first-order valence-electron chi connectivity index (χ1n) is 7.77. The molecule has 3 unspecified atom stereocenters. The molecule has 0 bridgehead atoms. The maximum atomic E-state index is 11.6. The molecule has 1 saturated carbocycles. The number of fused-ring (bicyclic) bond motifs is 1. The fraction of sp³-hybridized carbons (Fsp3) is 0.444. The van der Waals surface area contributed by atoms with Crippen molar-refractivity contribution in [1.29, 1.82) is 0 Å². The minimum atomic E-state index is -0.664. The van der Waals surface area contributed by atoms with Gasteiger partial charge in [-0.3, -0.25) is 9.78 Å². The van der Waals surface area contributed by atoms with Gasteiger partial charge in [0.2, 0.25) is 0 Å². The Morgan fingerprint density at radius 1 is 1.29 bits per heavy atom. The van der Waals surface area contributed by atoms with E-state index in [0.717, 1.165) is 42.1 Å². The van der Waals surface area contributed by atoms with Gasteiger partial charge in [0.25, 0.3) is 0 Å². The predicted molar refractivity (Wildman–Crippen MR) is 83.2 cm³/mol. The second-order valence-electron chi connectivity index (χ2n) is 6.06. The number of para-hydroxylation sites is 1. The number of aliphatic carboxylic acids is 1. The van der Waals surface area contributed by atoms with Gasteiger partial charge in [-0.05, 0) is 42.7 Å². The van der Waals surface area contributed by atoms with E-state index in [9.17, 15) is 9.90 Å². The Morgan fingerprint density at radius 2 is 2.10 bits per heavy atom. The summed E-state index contributed by atoms with van der Waals surface area (Å²) >= 11 is 0. The third kappa shape index (κ3) is 2.65. The summed E-state index contributed by atoms with van der Waals surface area (Å²) in [5.74, 6) is -0.229. The SMILES string of the molecule is CCC1CCC(C(=O)O)C(c2cccc3cccnc23)C1. The molecule has 3 nitrogen and oxygen atoms in total. The summed E-state index contributed by atoms with van der Waals surface area (Å²) in [4.78, 5) is 16.2. The van der Waals surface area contributed by atoms with Crippen LogP contribution in [0, 0.1) is 11.8 Å². The lowest BCUT2D eigenvalue weighted by Gasteiger charge is -2.34. The van der Waals surface area contributed by atoms with Crippen molar-refractivity contribution < 1.29 is 9.90 Å². The van der Waals surface area contributed by atoms with Crippen molar-refractivity contribution in [3.63, 3.8) is 0 Å². The number of pyridine rings is 1. The van der Waals surface area contributed by atoms with Crippen LogP contribution in [0.25, 0.3) is 10.9 Å². The molecule has 21 heavy (non-hydrogen) atoms. The van der Waals surface area contributed by atoms with Gasteiger partial charge >= 0.3 is 5.97 Å². The van der Waals surface area contributed by atoms with Crippen LogP contribution in [-0.4, -0.2) is 16.1 Å². The van der Waals surface area contributed by atoms with E-state index in [4.69, 9.17) is 0 Å². The van der Waals surface area contributed by atoms with Crippen molar-refractivity contribution in [2.75, 3.05) is 0 Å². The Labute approximate surface area is 125 Å². The monoisotopic (exact) mass is 283 g/mol. The second-order valence-corrected chi connectivity index (χ2v) is 6.06. The van der Waals surface area contributed by atoms with Crippen molar-refractivity contribution in [2.24, 2.45) is 11.8 Å². The number of benzene rings is 1. The maximum absolute atomic E-state index is 11.6. The van der Waals surface area contributed by atoms with E-state index >= 15 is 0 Å². The van der Waals surface area contributed by atoms with E-state index < -0.39 is 5.97 Å². The lowest BCUT2D eigenvalue weighted by molar-refractivity contribution is -0.143. The minimum absolute atomic E-state index is 0.0831. The fourth-order valence-electron chi connectivity index (χ4n) is 3.69. The van der Waals surface area contributed by atoms with Crippen LogP contribution >= 0.6 is 0 Å². The summed E-state index contributed by atoms with van der Waals surface area (Å²) in [6, 6.07) is 10.1. The highest BCUT2D eigenvalue weighted by Crippen LogP contribution is 2.43. The minimum Gasteiger partial charge on any atom is -0.481 e. The van der Waals surface area contributed by atoms with E-state index in [-0.39, 0.29) is 11.8 Å². The highest BCUT2D eigenvalue weighted by Gasteiger charge is 2.36. The van der Waals surface area contributed by atoms with Gasteiger partial charge < -0.3 is 5.11 Å². The van der Waals surface area contributed by atoms with E-state index in [1.54, 1.807) is 6.20 Å². The van der Waals surface area contributed by atoms with Gasteiger partial charge in [-0.25, -0.2) is 0 Å². The number of nitrogens with zero attached hydrogens (tertiary/aromatic N) is 1. The lowest BCUT2D eigenvalue weighted by atomic mass is 9.70. The smallest absolute Gasteiger partial charge is 0.307 e. The van der Waals surface area contributed by atoms with Crippen LogP contribution in [0.5, 0.6) is 0 Å². The van der Waals surface area contributed by atoms with E-state index in [1.165, 1.54) is 0 Å². The van der Waals surface area contributed by atoms with E-state index in [1.807, 2.05) is 24.3 Å². The first kappa shape index (κ1) is 14.1. The largest absolute Gasteiger partial charge is 0.481 e. The molecule has 2 aromatic rings. The molecular formula is C18H21NO2. The van der Waals surface area contributed by atoms with Gasteiger partial charge in [-0.15, -0.1) is 0 Å². The fourth-order valence-corrected chi connectivity index (χ4v) is 3.69. The van der Waals surface area contributed by atoms with Gasteiger partial charge in [0.05, 0.1) is 11.4 Å². The summed E-state index contributed by atoms with van der Waals surface area (Å²) in [6.07, 6.45) is 5.69. The number of hydrogen-bond donors (Lipinski definition) is 1. The van der Waals surface area contributed by atoms with Crippen molar-refractivity contribution in [3.05, 3.63) is 42.1 Å². The topological polar surface area (TPSA) is 50.2 Å². The molecule has 0 spiro atoms. The summed E-state index contributed by atoms with van der Waals surface area (Å²) in [5.41, 5.74) is 2.08. The van der Waals surface area contributed by atoms with Crippen LogP contribution in [0.2, 0.25) is 0 Å². The van der Waals surface area contributed by atoms with Gasteiger partial charge in [0.15, 0.2) is 0 Å². The predicted octanol–water partition coefficient (Wildman–Crippen LogP) is 4.23. The maximum Gasteiger partial charge on any atom is 0.307 e. The summed E-state index contributed by atoms with van der Waals surface area (Å²) in [6.45, 7) is 2.20. The average Bonchev–Trinajstić information content (AvgIpc) is 2.53. The highest BCUT2D eigenvalue weighted by atomic mass is 16.4. The van der Waals surface area contributed by atoms with Gasteiger partial charge in [0.1, 0.15) is 0 Å². The number of carbonyl (C=O) groups is 1. The number of hydrogen-bond acceptors (Lipinski definition) is 2. The first-order chi connectivity index (χ1) is 10.2. The number of carboxylic acid groups (broad SMARTS) is 1. The van der Waals surface area contributed by atoms with E-state index in [0.29, 0.717) is 5.92 Å². The van der Waals surface area contributed by atoms with Crippen molar-refractivity contribution in [3.8, 4) is 0 Å². The molecule has 0 saturated heterocycles. The number of carboxylic acids is 1. The molecular weight excluding hydrogens is 262 g/mol. The molecule has 110 valence electrons.